The Morgan fingerprint density at radius 3 is 1.75 bits per heavy atom. The van der Waals surface area contributed by atoms with Gasteiger partial charge < -0.3 is 44.2 Å². The van der Waals surface area contributed by atoms with E-state index in [2.05, 4.69) is 17.6 Å². The second-order valence-corrected chi connectivity index (χ2v) is 11.8. The molecule has 6 atom stereocenters. The third kappa shape index (κ3) is 18.3. The van der Waals surface area contributed by atoms with Crippen molar-refractivity contribution in [3.8, 4) is 0 Å². The van der Waals surface area contributed by atoms with Crippen molar-refractivity contribution in [3.05, 3.63) is 0 Å². The molecule has 1 aliphatic rings. The van der Waals surface area contributed by atoms with E-state index in [1.807, 2.05) is 0 Å². The van der Waals surface area contributed by atoms with Gasteiger partial charge in [0.15, 0.2) is 24.6 Å². The molecule has 0 radical (unpaired) electrons. The molecule has 1 fully saturated rings. The Morgan fingerprint density at radius 2 is 1.23 bits per heavy atom. The highest BCUT2D eigenvalue weighted by Crippen LogP contribution is 2.30. The van der Waals surface area contributed by atoms with Crippen molar-refractivity contribution in [1.29, 1.82) is 0 Å². The maximum Gasteiger partial charge on any atom is 0.303 e. The van der Waals surface area contributed by atoms with Gasteiger partial charge in [-0.1, -0.05) is 71.1 Å². The number of hydrogen-bond donors (Lipinski definition) is 3. The van der Waals surface area contributed by atoms with Gasteiger partial charge in [-0.05, 0) is 6.42 Å². The molecule has 48 heavy (non-hydrogen) atoms. The zero-order valence-electron chi connectivity index (χ0n) is 29.1. The molecular formula is C33H56N2O13. The van der Waals surface area contributed by atoms with Crippen molar-refractivity contribution < 1.29 is 62.3 Å². The number of aliphatic hydroxyl groups excluding tert-OH is 1. The van der Waals surface area contributed by atoms with Crippen LogP contribution in [0.1, 0.15) is 112 Å². The highest BCUT2D eigenvalue weighted by atomic mass is 16.7. The van der Waals surface area contributed by atoms with Crippen molar-refractivity contribution in [1.82, 2.24) is 10.6 Å². The number of aliphatic hydroxyl groups is 1. The first-order valence-electron chi connectivity index (χ1n) is 17.0. The van der Waals surface area contributed by atoms with Crippen LogP contribution in [-0.2, 0) is 57.2 Å². The second kappa shape index (κ2) is 24.8. The largest absolute Gasteiger partial charge is 0.463 e. The summed E-state index contributed by atoms with van der Waals surface area (Å²) in [7, 11) is 0. The van der Waals surface area contributed by atoms with Crippen molar-refractivity contribution >= 4 is 35.7 Å². The number of hydrogen-bond acceptors (Lipinski definition) is 13. The zero-order valence-corrected chi connectivity index (χ0v) is 29.1. The zero-order chi connectivity index (χ0) is 35.9. The third-order valence-electron chi connectivity index (χ3n) is 7.45. The minimum absolute atomic E-state index is 0.0805. The first-order chi connectivity index (χ1) is 22.9. The van der Waals surface area contributed by atoms with E-state index in [1.54, 1.807) is 0 Å². The van der Waals surface area contributed by atoms with Gasteiger partial charge in [-0.3, -0.25) is 28.8 Å². The topological polar surface area (TPSA) is 202 Å². The number of carbonyl (C=O) groups excluding carboxylic acids is 6. The van der Waals surface area contributed by atoms with E-state index in [1.165, 1.54) is 44.9 Å². The van der Waals surface area contributed by atoms with Crippen LogP contribution in [0.4, 0.5) is 0 Å². The van der Waals surface area contributed by atoms with E-state index in [9.17, 15) is 33.9 Å². The van der Waals surface area contributed by atoms with Crippen LogP contribution in [0.3, 0.4) is 0 Å². The van der Waals surface area contributed by atoms with E-state index in [0.717, 1.165) is 47.0 Å². The fourth-order valence-electron chi connectivity index (χ4n) is 5.22. The molecule has 15 heteroatoms. The van der Waals surface area contributed by atoms with Crippen LogP contribution in [0, 0.1) is 0 Å². The average Bonchev–Trinajstić information content (AvgIpc) is 3.01. The molecule has 276 valence electrons. The standard InChI is InChI=1S/C33H56N2O13/c1-6-7-8-9-10-11-12-13-14-15-16-17-28(41)35-26(32(42)34-18-19-36)20-44-33-31(47-25(5)40)30(46-24(4)39)29(45-23(3)38)27(48-33)21-43-22(2)37/h26-27,29-31,33,36H,6-21H2,1-5H3,(H,34,42)(H,35,41)/t26?,27-,29+,30+,31-,33-/m1/s1. The predicted octanol–water partition coefficient (Wildman–Crippen LogP) is 2.38. The highest BCUT2D eigenvalue weighted by molar-refractivity contribution is 5.87. The maximum atomic E-state index is 12.9. The van der Waals surface area contributed by atoms with Crippen molar-refractivity contribution in [2.75, 3.05) is 26.4 Å². The molecule has 0 aromatic carbocycles. The summed E-state index contributed by atoms with van der Waals surface area (Å²) in [5.74, 6) is -4.12. The molecule has 15 nitrogen and oxygen atoms in total. The van der Waals surface area contributed by atoms with Gasteiger partial charge in [0.2, 0.25) is 11.8 Å². The predicted molar refractivity (Wildman–Crippen MR) is 171 cm³/mol. The summed E-state index contributed by atoms with van der Waals surface area (Å²) >= 11 is 0. The second-order valence-electron chi connectivity index (χ2n) is 11.8. The van der Waals surface area contributed by atoms with Crippen molar-refractivity contribution in [2.24, 2.45) is 0 Å². The van der Waals surface area contributed by atoms with Crippen molar-refractivity contribution in [2.45, 2.75) is 148 Å². The van der Waals surface area contributed by atoms with E-state index in [-0.39, 0.29) is 25.5 Å². The maximum absolute atomic E-state index is 12.9. The first-order valence-corrected chi connectivity index (χ1v) is 17.0. The molecule has 0 bridgehead atoms. The summed E-state index contributed by atoms with van der Waals surface area (Å²) in [5, 5.41) is 14.3. The Bertz CT molecular complexity index is 1010. The molecular weight excluding hydrogens is 632 g/mol. The molecule has 1 unspecified atom stereocenters. The quantitative estimate of drug-likeness (QED) is 0.0759. The molecule has 0 aliphatic carbocycles. The lowest BCUT2D eigenvalue weighted by molar-refractivity contribution is -0.308. The molecule has 1 saturated heterocycles. The van der Waals surface area contributed by atoms with Gasteiger partial charge in [0, 0.05) is 40.7 Å². The third-order valence-corrected chi connectivity index (χ3v) is 7.45. The van der Waals surface area contributed by atoms with Gasteiger partial charge in [0.05, 0.1) is 13.2 Å². The van der Waals surface area contributed by atoms with Crippen LogP contribution in [0.15, 0.2) is 0 Å². The molecule has 3 N–H and O–H groups in total. The summed E-state index contributed by atoms with van der Waals surface area (Å²) in [6, 6.07) is -1.25. The number of carbonyl (C=O) groups is 6. The number of esters is 4. The lowest BCUT2D eigenvalue weighted by atomic mass is 9.98. The van der Waals surface area contributed by atoms with Crippen LogP contribution >= 0.6 is 0 Å². The molecule has 1 heterocycles. The Morgan fingerprint density at radius 1 is 0.708 bits per heavy atom. The first kappa shape index (κ1) is 42.7. The van der Waals surface area contributed by atoms with Crippen LogP contribution in [0.2, 0.25) is 0 Å². The summed E-state index contributed by atoms with van der Waals surface area (Å²) in [5.41, 5.74) is 0. The molecule has 0 aromatic heterocycles. The van der Waals surface area contributed by atoms with E-state index >= 15 is 0 Å². The molecule has 1 aliphatic heterocycles. The number of nitrogens with one attached hydrogen (secondary N) is 2. The van der Waals surface area contributed by atoms with Gasteiger partial charge in [0.25, 0.3) is 0 Å². The number of amides is 2. The fraction of sp³-hybridized carbons (Fsp3) is 0.818. The monoisotopic (exact) mass is 688 g/mol. The number of unbranched alkanes of at least 4 members (excludes halogenated alkanes) is 10. The summed E-state index contributed by atoms with van der Waals surface area (Å²) in [4.78, 5) is 73.4. The lowest BCUT2D eigenvalue weighted by Crippen LogP contribution is -2.63. The average molecular weight is 689 g/mol. The highest BCUT2D eigenvalue weighted by Gasteiger charge is 2.53. The normalized spacial score (nSPS) is 21.0. The van der Waals surface area contributed by atoms with E-state index in [0.29, 0.717) is 6.42 Å². The van der Waals surface area contributed by atoms with Gasteiger partial charge >= 0.3 is 23.9 Å². The van der Waals surface area contributed by atoms with Gasteiger partial charge in [-0.15, -0.1) is 0 Å². The van der Waals surface area contributed by atoms with Crippen LogP contribution in [0.5, 0.6) is 0 Å². The molecule has 1 rings (SSSR count). The van der Waals surface area contributed by atoms with Gasteiger partial charge in [-0.25, -0.2) is 0 Å². The summed E-state index contributed by atoms with van der Waals surface area (Å²) in [6.45, 7) is 5.27. The Labute approximate surface area is 283 Å². The molecule has 0 spiro atoms. The number of ether oxygens (including phenoxy) is 6. The fourth-order valence-corrected chi connectivity index (χ4v) is 5.22. The van der Waals surface area contributed by atoms with Crippen LogP contribution < -0.4 is 10.6 Å². The lowest BCUT2D eigenvalue weighted by Gasteiger charge is -2.44. The summed E-state index contributed by atoms with van der Waals surface area (Å²) < 4.78 is 32.9. The Hall–Kier alpha value is -3.30. The minimum atomic E-state index is -1.53. The Balaban J connectivity index is 2.96. The summed E-state index contributed by atoms with van der Waals surface area (Å²) in [6.07, 6.45) is 5.44. The van der Waals surface area contributed by atoms with Crippen molar-refractivity contribution in [3.63, 3.8) is 0 Å². The smallest absolute Gasteiger partial charge is 0.303 e. The minimum Gasteiger partial charge on any atom is -0.463 e. The van der Waals surface area contributed by atoms with E-state index in [4.69, 9.17) is 28.4 Å². The molecule has 2 amide bonds. The Kier molecular flexibility index (Phi) is 22.1. The van der Waals surface area contributed by atoms with Gasteiger partial charge in [-0.2, -0.15) is 0 Å². The number of rotatable bonds is 24. The van der Waals surface area contributed by atoms with Crippen LogP contribution in [-0.4, -0.2) is 104 Å². The SMILES string of the molecule is CCCCCCCCCCCCCC(=O)NC(CO[C@@H]1O[C@H](COC(C)=O)[C@H](OC(C)=O)[C@H](OC(C)=O)[C@H]1OC(C)=O)C(=O)NCCO. The van der Waals surface area contributed by atoms with E-state index < -0.39 is 79.7 Å². The van der Waals surface area contributed by atoms with Gasteiger partial charge in [0.1, 0.15) is 18.8 Å². The van der Waals surface area contributed by atoms with Crippen LogP contribution in [0.25, 0.3) is 0 Å². The molecule has 0 aromatic rings. The molecule has 0 saturated carbocycles.